The summed E-state index contributed by atoms with van der Waals surface area (Å²) in [6, 6.07) is 4.60. The van der Waals surface area contributed by atoms with Crippen LogP contribution in [0.4, 0.5) is 0 Å². The molecule has 0 saturated carbocycles. The van der Waals surface area contributed by atoms with Crippen molar-refractivity contribution in [2.24, 2.45) is 11.8 Å². The van der Waals surface area contributed by atoms with Gasteiger partial charge in [-0.1, -0.05) is 38.0 Å². The number of benzene rings is 1. The first kappa shape index (κ1) is 29.1. The Bertz CT molecular complexity index is 975. The second kappa shape index (κ2) is 13.3. The molecule has 0 aromatic heterocycles. The fourth-order valence-corrected chi connectivity index (χ4v) is 5.67. The van der Waals surface area contributed by atoms with Crippen LogP contribution in [0.15, 0.2) is 29.2 Å². The van der Waals surface area contributed by atoms with Crippen LogP contribution in [0.25, 0.3) is 0 Å². The fraction of sp³-hybridized carbons (Fsp3) is 0.625. The zero-order chi connectivity index (χ0) is 26.2. The van der Waals surface area contributed by atoms with Crippen molar-refractivity contribution in [3.63, 3.8) is 0 Å². The molecule has 0 aliphatic carbocycles. The molecule has 1 aromatic carbocycles. The number of piperidine rings is 1. The number of nitrogens with zero attached hydrogens (tertiary/aromatic N) is 1. The number of carbonyl (C=O) groups excluding carboxylic acids is 2. The van der Waals surface area contributed by atoms with Gasteiger partial charge in [-0.15, -0.1) is 0 Å². The summed E-state index contributed by atoms with van der Waals surface area (Å²) in [6.45, 7) is 6.13. The Kier molecular flexibility index (Phi) is 11.0. The summed E-state index contributed by atoms with van der Waals surface area (Å²) in [5.41, 5.74) is 0.935. The van der Waals surface area contributed by atoms with Crippen LogP contribution in [0.5, 0.6) is 0 Å². The molecule has 11 heteroatoms. The van der Waals surface area contributed by atoms with Crippen LogP contribution in [0.2, 0.25) is 0 Å². The molecule has 1 aliphatic heterocycles. The molecule has 3 atom stereocenters. The summed E-state index contributed by atoms with van der Waals surface area (Å²) in [5, 5.41) is 12.1. The normalized spacial score (nSPS) is 17.4. The summed E-state index contributed by atoms with van der Waals surface area (Å²) in [6.07, 6.45) is 3.65. The number of aryl methyl sites for hydroxylation is 1. The van der Waals surface area contributed by atoms with Gasteiger partial charge in [-0.2, -0.15) is 16.5 Å². The first-order valence-corrected chi connectivity index (χ1v) is 14.8. The van der Waals surface area contributed by atoms with Crippen LogP contribution in [0, 0.1) is 18.8 Å². The summed E-state index contributed by atoms with van der Waals surface area (Å²) >= 11 is 1.53. The number of hydrogen-bond acceptors (Lipinski definition) is 6. The van der Waals surface area contributed by atoms with Gasteiger partial charge in [0, 0.05) is 19.0 Å². The van der Waals surface area contributed by atoms with E-state index in [1.54, 1.807) is 24.0 Å². The van der Waals surface area contributed by atoms with Crippen molar-refractivity contribution in [3.05, 3.63) is 29.8 Å². The summed E-state index contributed by atoms with van der Waals surface area (Å²) < 4.78 is 28.4. The molecule has 2 rings (SSSR count). The molecule has 0 radical (unpaired) electrons. The van der Waals surface area contributed by atoms with E-state index in [0.717, 1.165) is 5.56 Å². The van der Waals surface area contributed by atoms with Crippen molar-refractivity contribution in [2.75, 3.05) is 25.1 Å². The quantitative estimate of drug-likeness (QED) is 0.380. The molecule has 196 valence electrons. The molecule has 1 saturated heterocycles. The molecule has 1 fully saturated rings. The Morgan fingerprint density at radius 2 is 1.77 bits per heavy atom. The Morgan fingerprint density at radius 3 is 2.29 bits per heavy atom. The smallest absolute Gasteiger partial charge is 0.326 e. The van der Waals surface area contributed by atoms with E-state index >= 15 is 0 Å². The number of carboxylic acid groups (broad SMARTS) is 1. The highest BCUT2D eigenvalue weighted by atomic mass is 32.2. The van der Waals surface area contributed by atoms with E-state index in [-0.39, 0.29) is 28.5 Å². The highest BCUT2D eigenvalue weighted by molar-refractivity contribution is 7.98. The maximum absolute atomic E-state index is 13.3. The number of carboxylic acids is 1. The second-order valence-electron chi connectivity index (χ2n) is 9.08. The van der Waals surface area contributed by atoms with Crippen molar-refractivity contribution in [3.8, 4) is 0 Å². The van der Waals surface area contributed by atoms with Gasteiger partial charge < -0.3 is 15.3 Å². The molecule has 9 nitrogen and oxygen atoms in total. The van der Waals surface area contributed by atoms with E-state index in [2.05, 4.69) is 10.0 Å². The van der Waals surface area contributed by atoms with Gasteiger partial charge in [0.1, 0.15) is 12.1 Å². The van der Waals surface area contributed by atoms with Crippen LogP contribution in [-0.2, 0) is 24.4 Å². The average molecular weight is 528 g/mol. The van der Waals surface area contributed by atoms with E-state index in [4.69, 9.17) is 0 Å². The number of thioether (sulfide) groups is 1. The summed E-state index contributed by atoms with van der Waals surface area (Å²) in [7, 11) is -3.87. The Hall–Kier alpha value is -2.11. The van der Waals surface area contributed by atoms with Gasteiger partial charge in [0.15, 0.2) is 0 Å². The number of nitrogens with one attached hydrogen (secondary N) is 2. The second-order valence-corrected chi connectivity index (χ2v) is 11.8. The van der Waals surface area contributed by atoms with Crippen LogP contribution >= 0.6 is 11.8 Å². The van der Waals surface area contributed by atoms with Crippen LogP contribution in [0.3, 0.4) is 0 Å². The lowest BCUT2D eigenvalue weighted by Gasteiger charge is -2.34. The highest BCUT2D eigenvalue weighted by Gasteiger charge is 2.34. The van der Waals surface area contributed by atoms with Gasteiger partial charge in [0.2, 0.25) is 21.8 Å². The maximum atomic E-state index is 13.3. The number of hydrogen-bond donors (Lipinski definition) is 3. The van der Waals surface area contributed by atoms with E-state index in [9.17, 15) is 27.9 Å². The molecule has 1 aliphatic rings. The molecule has 3 unspecified atom stereocenters. The third-order valence-electron chi connectivity index (χ3n) is 6.49. The number of aliphatic carboxylic acids is 1. The van der Waals surface area contributed by atoms with Crippen molar-refractivity contribution in [2.45, 2.75) is 63.4 Å². The zero-order valence-electron chi connectivity index (χ0n) is 20.8. The topological polar surface area (TPSA) is 133 Å². The molecule has 3 N–H and O–H groups in total. The van der Waals surface area contributed by atoms with Crippen LogP contribution in [-0.4, -0.2) is 73.4 Å². The van der Waals surface area contributed by atoms with Gasteiger partial charge in [-0.05, 0) is 56.2 Å². The molecule has 0 spiro atoms. The highest BCUT2D eigenvalue weighted by Crippen LogP contribution is 2.21. The van der Waals surface area contributed by atoms with Crippen molar-refractivity contribution < 1.29 is 27.9 Å². The number of carbonyl (C=O) groups is 3. The molecular formula is C24H37N3O6S2. The van der Waals surface area contributed by atoms with Gasteiger partial charge in [-0.25, -0.2) is 13.2 Å². The number of rotatable bonds is 12. The van der Waals surface area contributed by atoms with Gasteiger partial charge in [-0.3, -0.25) is 9.59 Å². The zero-order valence-corrected chi connectivity index (χ0v) is 22.5. The monoisotopic (exact) mass is 527 g/mol. The van der Waals surface area contributed by atoms with Crippen molar-refractivity contribution in [1.82, 2.24) is 14.9 Å². The first-order valence-electron chi connectivity index (χ1n) is 11.9. The van der Waals surface area contributed by atoms with Gasteiger partial charge in [0.05, 0.1) is 4.90 Å². The molecule has 0 bridgehead atoms. The minimum Gasteiger partial charge on any atom is -0.480 e. The maximum Gasteiger partial charge on any atom is 0.326 e. The summed E-state index contributed by atoms with van der Waals surface area (Å²) in [4.78, 5) is 39.2. The molecular weight excluding hydrogens is 490 g/mol. The Morgan fingerprint density at radius 1 is 1.17 bits per heavy atom. The standard InChI is InChI=1S/C24H37N3O6S2/c1-5-17(3)21(24(30)31)25-22(28)18-10-13-27(14-11-18)23(29)20(12-15-34-4)26-35(32,33)19-8-6-16(2)7-9-19/h6-9,17-18,20-21,26H,5,10-15H2,1-4H3,(H,25,28)(H,30,31). The van der Waals surface area contributed by atoms with Crippen LogP contribution in [0.1, 0.15) is 45.1 Å². The Balaban J connectivity index is 2.03. The minimum absolute atomic E-state index is 0.106. The van der Waals surface area contributed by atoms with E-state index in [1.807, 2.05) is 20.1 Å². The third-order valence-corrected chi connectivity index (χ3v) is 8.62. The third kappa shape index (κ3) is 8.22. The van der Waals surface area contributed by atoms with Crippen molar-refractivity contribution in [1.29, 1.82) is 0 Å². The Labute approximate surface area is 212 Å². The van der Waals surface area contributed by atoms with Gasteiger partial charge in [0.25, 0.3) is 0 Å². The van der Waals surface area contributed by atoms with E-state index < -0.39 is 28.1 Å². The van der Waals surface area contributed by atoms with E-state index in [0.29, 0.717) is 44.5 Å². The number of likely N-dealkylation sites (tertiary alicyclic amines) is 1. The molecule has 2 amide bonds. The number of sulfonamides is 1. The van der Waals surface area contributed by atoms with E-state index in [1.165, 1.54) is 23.9 Å². The minimum atomic E-state index is -3.87. The lowest BCUT2D eigenvalue weighted by molar-refractivity contribution is -0.144. The van der Waals surface area contributed by atoms with Crippen LogP contribution < -0.4 is 10.0 Å². The molecule has 35 heavy (non-hydrogen) atoms. The average Bonchev–Trinajstić information content (AvgIpc) is 2.84. The molecule has 1 aromatic rings. The largest absolute Gasteiger partial charge is 0.480 e. The summed E-state index contributed by atoms with van der Waals surface area (Å²) in [5.74, 6) is -1.66. The number of amides is 2. The lowest BCUT2D eigenvalue weighted by Crippen LogP contribution is -2.53. The fourth-order valence-electron chi connectivity index (χ4n) is 3.98. The lowest BCUT2D eigenvalue weighted by atomic mass is 9.93. The predicted octanol–water partition coefficient (Wildman–Crippen LogP) is 2.25. The SMILES string of the molecule is CCC(C)C(NC(=O)C1CCN(C(=O)C(CCSC)NS(=O)(=O)c2ccc(C)cc2)CC1)C(=O)O. The van der Waals surface area contributed by atoms with Gasteiger partial charge >= 0.3 is 5.97 Å². The first-order chi connectivity index (χ1) is 16.5. The molecule has 1 heterocycles. The van der Waals surface area contributed by atoms with Crippen molar-refractivity contribution >= 4 is 39.6 Å². The predicted molar refractivity (Wildman–Crippen MR) is 137 cm³/mol.